The Morgan fingerprint density at radius 2 is 2.21 bits per heavy atom. The molecule has 2 aromatic rings. The van der Waals surface area contributed by atoms with Gasteiger partial charge in [0, 0.05) is 32.5 Å². The summed E-state index contributed by atoms with van der Waals surface area (Å²) in [6, 6.07) is 7.86. The van der Waals surface area contributed by atoms with E-state index in [0.29, 0.717) is 31.8 Å². The minimum atomic E-state index is -0.230. The van der Waals surface area contributed by atoms with Crippen LogP contribution in [0.25, 0.3) is 11.0 Å². The smallest absolute Gasteiger partial charge is 0.225 e. The highest BCUT2D eigenvalue weighted by atomic mass is 16.2. The van der Waals surface area contributed by atoms with Gasteiger partial charge in [-0.15, -0.1) is 0 Å². The van der Waals surface area contributed by atoms with Crippen LogP contribution in [-0.2, 0) is 16.0 Å². The zero-order valence-electron chi connectivity index (χ0n) is 14.2. The fourth-order valence-corrected chi connectivity index (χ4v) is 3.14. The molecule has 24 heavy (non-hydrogen) atoms. The Bertz CT molecular complexity index is 704. The van der Waals surface area contributed by atoms with Crippen LogP contribution in [0.1, 0.15) is 26.1 Å². The van der Waals surface area contributed by atoms with Crippen molar-refractivity contribution in [2.45, 2.75) is 26.7 Å². The molecule has 1 fully saturated rings. The van der Waals surface area contributed by atoms with Crippen molar-refractivity contribution in [1.82, 2.24) is 20.2 Å². The summed E-state index contributed by atoms with van der Waals surface area (Å²) in [7, 11) is 0. The van der Waals surface area contributed by atoms with Gasteiger partial charge in [0.05, 0.1) is 17.0 Å². The lowest BCUT2D eigenvalue weighted by Gasteiger charge is -2.18. The second kappa shape index (κ2) is 7.03. The van der Waals surface area contributed by atoms with Gasteiger partial charge in [0.1, 0.15) is 5.82 Å². The van der Waals surface area contributed by atoms with E-state index < -0.39 is 0 Å². The minimum absolute atomic E-state index is 0.0364. The number of carbonyl (C=O) groups is 2. The van der Waals surface area contributed by atoms with Crippen molar-refractivity contribution >= 4 is 22.8 Å². The zero-order valence-corrected chi connectivity index (χ0v) is 14.2. The van der Waals surface area contributed by atoms with Crippen LogP contribution in [0.2, 0.25) is 0 Å². The normalized spacial score (nSPS) is 17.9. The molecule has 0 spiro atoms. The number of fused-ring (bicyclic) bond motifs is 1. The molecule has 0 aliphatic carbocycles. The molecule has 0 saturated carbocycles. The predicted molar refractivity (Wildman–Crippen MR) is 92.3 cm³/mol. The molecule has 3 rings (SSSR count). The molecule has 1 atom stereocenters. The lowest BCUT2D eigenvalue weighted by atomic mass is 10.1. The third-order valence-electron chi connectivity index (χ3n) is 4.27. The zero-order chi connectivity index (χ0) is 17.1. The minimum Gasteiger partial charge on any atom is -0.355 e. The van der Waals surface area contributed by atoms with Gasteiger partial charge < -0.3 is 15.2 Å². The van der Waals surface area contributed by atoms with Crippen molar-refractivity contribution in [1.29, 1.82) is 0 Å². The van der Waals surface area contributed by atoms with E-state index in [0.717, 1.165) is 23.4 Å². The van der Waals surface area contributed by atoms with Crippen LogP contribution in [0.4, 0.5) is 0 Å². The summed E-state index contributed by atoms with van der Waals surface area (Å²) in [5.41, 5.74) is 1.94. The topological polar surface area (TPSA) is 78.1 Å². The van der Waals surface area contributed by atoms with Crippen LogP contribution in [-0.4, -0.2) is 46.3 Å². The first kappa shape index (κ1) is 16.5. The third kappa shape index (κ3) is 3.75. The number of nitrogens with zero attached hydrogens (tertiary/aromatic N) is 2. The van der Waals surface area contributed by atoms with Crippen LogP contribution in [0.15, 0.2) is 24.3 Å². The molecule has 1 saturated heterocycles. The maximum atomic E-state index is 12.3. The number of aromatic amines is 1. The molecule has 1 aromatic heterocycles. The van der Waals surface area contributed by atoms with Crippen LogP contribution in [0.3, 0.4) is 0 Å². The Kier molecular flexibility index (Phi) is 4.83. The maximum absolute atomic E-state index is 12.3. The molecule has 1 aliphatic heterocycles. The molecule has 2 N–H and O–H groups in total. The number of benzene rings is 1. The summed E-state index contributed by atoms with van der Waals surface area (Å²) < 4.78 is 0. The molecule has 2 amide bonds. The molecule has 1 aliphatic rings. The molecule has 0 bridgehead atoms. The van der Waals surface area contributed by atoms with E-state index in [-0.39, 0.29) is 17.7 Å². The lowest BCUT2D eigenvalue weighted by Crippen LogP contribution is -2.35. The summed E-state index contributed by atoms with van der Waals surface area (Å²) in [5.74, 6) is 1.10. The molecule has 128 valence electrons. The Morgan fingerprint density at radius 3 is 2.96 bits per heavy atom. The van der Waals surface area contributed by atoms with Crippen LogP contribution in [0.5, 0.6) is 0 Å². The SMILES string of the molecule is CC(C)CN1CC(C(=O)NCCc2nc3ccccc3[nH]2)CC1=O. The highest BCUT2D eigenvalue weighted by Gasteiger charge is 2.34. The van der Waals surface area contributed by atoms with E-state index in [4.69, 9.17) is 0 Å². The molecule has 1 unspecified atom stereocenters. The van der Waals surface area contributed by atoms with E-state index in [2.05, 4.69) is 29.1 Å². The number of rotatable bonds is 6. The van der Waals surface area contributed by atoms with E-state index in [1.54, 1.807) is 4.90 Å². The van der Waals surface area contributed by atoms with Gasteiger partial charge in [-0.25, -0.2) is 4.98 Å². The summed E-state index contributed by atoms with van der Waals surface area (Å²) >= 11 is 0. The quantitative estimate of drug-likeness (QED) is 0.847. The van der Waals surface area contributed by atoms with Gasteiger partial charge in [0.15, 0.2) is 0 Å². The van der Waals surface area contributed by atoms with Gasteiger partial charge in [0.2, 0.25) is 11.8 Å². The summed E-state index contributed by atoms with van der Waals surface area (Å²) in [6.07, 6.45) is 0.972. The number of amides is 2. The predicted octanol–water partition coefficient (Wildman–Crippen LogP) is 1.73. The van der Waals surface area contributed by atoms with Crippen LogP contribution < -0.4 is 5.32 Å². The molecule has 6 heteroatoms. The number of aromatic nitrogens is 2. The number of hydrogen-bond donors (Lipinski definition) is 2. The number of likely N-dealkylation sites (tertiary alicyclic amines) is 1. The number of imidazole rings is 1. The van der Waals surface area contributed by atoms with Gasteiger partial charge in [0.25, 0.3) is 0 Å². The van der Waals surface area contributed by atoms with Gasteiger partial charge >= 0.3 is 0 Å². The van der Waals surface area contributed by atoms with Crippen LogP contribution in [0, 0.1) is 11.8 Å². The summed E-state index contributed by atoms with van der Waals surface area (Å²) in [5, 5.41) is 2.93. The lowest BCUT2D eigenvalue weighted by molar-refractivity contribution is -0.129. The molecular weight excluding hydrogens is 304 g/mol. The fourth-order valence-electron chi connectivity index (χ4n) is 3.14. The Morgan fingerprint density at radius 1 is 1.42 bits per heavy atom. The van der Waals surface area contributed by atoms with E-state index in [1.807, 2.05) is 24.3 Å². The van der Waals surface area contributed by atoms with Gasteiger partial charge in [-0.05, 0) is 18.1 Å². The first-order valence-corrected chi connectivity index (χ1v) is 8.52. The van der Waals surface area contributed by atoms with E-state index >= 15 is 0 Å². The van der Waals surface area contributed by atoms with Crippen molar-refractivity contribution in [2.75, 3.05) is 19.6 Å². The molecule has 0 radical (unpaired) electrons. The Hall–Kier alpha value is -2.37. The fraction of sp³-hybridized carbons (Fsp3) is 0.500. The van der Waals surface area contributed by atoms with Gasteiger partial charge in [-0.1, -0.05) is 26.0 Å². The van der Waals surface area contributed by atoms with Gasteiger partial charge in [-0.3, -0.25) is 9.59 Å². The van der Waals surface area contributed by atoms with E-state index in [9.17, 15) is 9.59 Å². The van der Waals surface area contributed by atoms with Gasteiger partial charge in [-0.2, -0.15) is 0 Å². The molecule has 2 heterocycles. The Balaban J connectivity index is 1.48. The standard InChI is InChI=1S/C18H24N4O2/c1-12(2)10-22-11-13(9-17(22)23)18(24)19-8-7-16-20-14-5-3-4-6-15(14)21-16/h3-6,12-13H,7-11H2,1-2H3,(H,19,24)(H,20,21). The third-order valence-corrected chi connectivity index (χ3v) is 4.27. The Labute approximate surface area is 141 Å². The number of para-hydroxylation sites is 2. The number of carbonyl (C=O) groups excluding carboxylic acids is 2. The largest absolute Gasteiger partial charge is 0.355 e. The second-order valence-electron chi connectivity index (χ2n) is 6.84. The first-order chi connectivity index (χ1) is 11.5. The summed E-state index contributed by atoms with van der Waals surface area (Å²) in [6.45, 7) is 5.94. The maximum Gasteiger partial charge on any atom is 0.225 e. The molecular formula is C18H24N4O2. The molecule has 1 aromatic carbocycles. The number of nitrogens with one attached hydrogen (secondary N) is 2. The van der Waals surface area contributed by atoms with Crippen molar-refractivity contribution < 1.29 is 9.59 Å². The second-order valence-corrected chi connectivity index (χ2v) is 6.84. The monoisotopic (exact) mass is 328 g/mol. The van der Waals surface area contributed by atoms with Crippen LogP contribution >= 0.6 is 0 Å². The van der Waals surface area contributed by atoms with Crippen molar-refractivity contribution in [3.8, 4) is 0 Å². The number of hydrogen-bond acceptors (Lipinski definition) is 3. The van der Waals surface area contributed by atoms with Crippen molar-refractivity contribution in [3.05, 3.63) is 30.1 Å². The highest BCUT2D eigenvalue weighted by Crippen LogP contribution is 2.19. The first-order valence-electron chi connectivity index (χ1n) is 8.52. The molecule has 6 nitrogen and oxygen atoms in total. The van der Waals surface area contributed by atoms with Crippen molar-refractivity contribution in [2.24, 2.45) is 11.8 Å². The number of H-pyrrole nitrogens is 1. The highest BCUT2D eigenvalue weighted by molar-refractivity contribution is 5.89. The van der Waals surface area contributed by atoms with E-state index in [1.165, 1.54) is 0 Å². The van der Waals surface area contributed by atoms with Crippen molar-refractivity contribution in [3.63, 3.8) is 0 Å². The average Bonchev–Trinajstić information content (AvgIpc) is 3.10. The average molecular weight is 328 g/mol. The summed E-state index contributed by atoms with van der Waals surface area (Å²) in [4.78, 5) is 33.8.